The fraction of sp³-hybridized carbons (Fsp3) is 0.381. The maximum atomic E-state index is 12.5. The highest BCUT2D eigenvalue weighted by Crippen LogP contribution is 2.21. The van der Waals surface area contributed by atoms with Crippen molar-refractivity contribution in [2.75, 3.05) is 13.2 Å². The summed E-state index contributed by atoms with van der Waals surface area (Å²) in [7, 11) is 0. The molecule has 1 aromatic carbocycles. The molecule has 0 amide bonds. The minimum Gasteiger partial charge on any atom is -0.454 e. The summed E-state index contributed by atoms with van der Waals surface area (Å²) in [5, 5.41) is 0. The predicted molar refractivity (Wildman–Crippen MR) is 99.3 cm³/mol. The van der Waals surface area contributed by atoms with Crippen LogP contribution in [-0.4, -0.2) is 41.9 Å². The molecule has 1 fully saturated rings. The minimum atomic E-state index is -0.589. The Labute approximate surface area is 158 Å². The summed E-state index contributed by atoms with van der Waals surface area (Å²) < 4.78 is 12.9. The Morgan fingerprint density at radius 1 is 1.26 bits per heavy atom. The smallest absolute Gasteiger partial charge is 0.338 e. The number of benzene rings is 1. The van der Waals surface area contributed by atoms with Crippen molar-refractivity contribution in [1.29, 1.82) is 0 Å². The summed E-state index contributed by atoms with van der Waals surface area (Å²) in [6.07, 6.45) is 2.98. The number of nitrogens with zero attached hydrogens (tertiary/aromatic N) is 1. The van der Waals surface area contributed by atoms with Crippen LogP contribution in [0.25, 0.3) is 0 Å². The number of aromatic nitrogens is 1. The van der Waals surface area contributed by atoms with Gasteiger partial charge in [0, 0.05) is 35.7 Å². The van der Waals surface area contributed by atoms with E-state index in [9.17, 15) is 14.4 Å². The van der Waals surface area contributed by atoms with Gasteiger partial charge in [-0.3, -0.25) is 9.59 Å². The molecule has 1 saturated heterocycles. The number of hydrogen-bond acceptors (Lipinski definition) is 5. The Kier molecular flexibility index (Phi) is 5.86. The van der Waals surface area contributed by atoms with Gasteiger partial charge in [0.25, 0.3) is 0 Å². The number of ketones is 1. The van der Waals surface area contributed by atoms with E-state index in [4.69, 9.17) is 9.47 Å². The molecule has 1 aliphatic heterocycles. The molecule has 0 spiro atoms. The van der Waals surface area contributed by atoms with Crippen LogP contribution in [0.15, 0.2) is 30.3 Å². The second-order valence-electron chi connectivity index (χ2n) is 6.77. The third-order valence-electron chi connectivity index (χ3n) is 4.90. The molecule has 1 aromatic heterocycles. The van der Waals surface area contributed by atoms with Crippen molar-refractivity contribution in [3.8, 4) is 0 Å². The van der Waals surface area contributed by atoms with E-state index in [-0.39, 0.29) is 18.5 Å². The van der Waals surface area contributed by atoms with Gasteiger partial charge < -0.3 is 14.0 Å². The van der Waals surface area contributed by atoms with Gasteiger partial charge in [0.1, 0.15) is 6.29 Å². The summed E-state index contributed by atoms with van der Waals surface area (Å²) >= 11 is 0. The van der Waals surface area contributed by atoms with Crippen molar-refractivity contribution >= 4 is 18.0 Å². The van der Waals surface area contributed by atoms with Crippen molar-refractivity contribution in [3.05, 3.63) is 58.4 Å². The van der Waals surface area contributed by atoms with E-state index in [1.807, 2.05) is 19.9 Å². The molecule has 0 aliphatic carbocycles. The van der Waals surface area contributed by atoms with Gasteiger partial charge in [-0.1, -0.05) is 12.1 Å². The van der Waals surface area contributed by atoms with Crippen LogP contribution in [0.4, 0.5) is 0 Å². The van der Waals surface area contributed by atoms with Gasteiger partial charge in [0.05, 0.1) is 11.7 Å². The molecule has 27 heavy (non-hydrogen) atoms. The molecule has 0 N–H and O–H groups in total. The van der Waals surface area contributed by atoms with E-state index in [0.29, 0.717) is 23.0 Å². The predicted octanol–water partition coefficient (Wildman–Crippen LogP) is 3.14. The Hall–Kier alpha value is -2.73. The molecule has 1 aliphatic rings. The normalized spacial score (nSPS) is 16.3. The largest absolute Gasteiger partial charge is 0.454 e. The molecule has 0 radical (unpaired) electrons. The molecule has 0 unspecified atom stereocenters. The lowest BCUT2D eigenvalue weighted by Crippen LogP contribution is -2.18. The molecule has 6 heteroatoms. The standard InChI is InChI=1S/C21H23NO5/c1-14-10-19(15(2)22(14)11-18-4-3-9-26-18)20(24)13-27-21(25)17-7-5-16(12-23)6-8-17/h5-8,10,12,18H,3-4,9,11,13H2,1-2H3/t18-/m1/s1. The van der Waals surface area contributed by atoms with Crippen LogP contribution in [0.5, 0.6) is 0 Å². The van der Waals surface area contributed by atoms with Gasteiger partial charge in [-0.05, 0) is 44.9 Å². The maximum Gasteiger partial charge on any atom is 0.338 e. The third-order valence-corrected chi connectivity index (χ3v) is 4.90. The van der Waals surface area contributed by atoms with E-state index >= 15 is 0 Å². The van der Waals surface area contributed by atoms with Gasteiger partial charge in [-0.2, -0.15) is 0 Å². The molecule has 1 atom stereocenters. The first-order valence-electron chi connectivity index (χ1n) is 9.03. The first kappa shape index (κ1) is 19.0. The van der Waals surface area contributed by atoms with Crippen LogP contribution in [0, 0.1) is 13.8 Å². The number of aldehydes is 1. The lowest BCUT2D eigenvalue weighted by molar-refractivity contribution is 0.0474. The second kappa shape index (κ2) is 8.31. The average Bonchev–Trinajstić information content (AvgIpc) is 3.29. The van der Waals surface area contributed by atoms with Crippen LogP contribution in [0.2, 0.25) is 0 Å². The van der Waals surface area contributed by atoms with Crippen LogP contribution in [0.3, 0.4) is 0 Å². The van der Waals surface area contributed by atoms with Gasteiger partial charge in [-0.25, -0.2) is 4.79 Å². The molecule has 6 nitrogen and oxygen atoms in total. The number of rotatable bonds is 7. The summed E-state index contributed by atoms with van der Waals surface area (Å²) in [5.41, 5.74) is 3.19. The van der Waals surface area contributed by atoms with Gasteiger partial charge >= 0.3 is 5.97 Å². The third kappa shape index (κ3) is 4.34. The number of hydrogen-bond donors (Lipinski definition) is 0. The molecule has 2 aromatic rings. The number of aryl methyl sites for hydroxylation is 1. The highest BCUT2D eigenvalue weighted by atomic mass is 16.5. The van der Waals surface area contributed by atoms with E-state index < -0.39 is 5.97 Å². The molecular formula is C21H23NO5. The fourth-order valence-electron chi connectivity index (χ4n) is 3.35. The zero-order valence-electron chi connectivity index (χ0n) is 15.6. The number of ether oxygens (including phenoxy) is 2. The van der Waals surface area contributed by atoms with Crippen LogP contribution in [-0.2, 0) is 16.0 Å². The maximum absolute atomic E-state index is 12.5. The highest BCUT2D eigenvalue weighted by molar-refractivity contribution is 6.00. The van der Waals surface area contributed by atoms with E-state index in [1.54, 1.807) is 0 Å². The fourth-order valence-corrected chi connectivity index (χ4v) is 3.35. The molecule has 2 heterocycles. The summed E-state index contributed by atoms with van der Waals surface area (Å²) in [5.74, 6) is -0.825. The van der Waals surface area contributed by atoms with Crippen molar-refractivity contribution in [1.82, 2.24) is 4.57 Å². The van der Waals surface area contributed by atoms with Crippen molar-refractivity contribution in [3.63, 3.8) is 0 Å². The molecule has 0 saturated carbocycles. The Morgan fingerprint density at radius 2 is 2.00 bits per heavy atom. The number of carbonyl (C=O) groups excluding carboxylic acids is 3. The zero-order chi connectivity index (χ0) is 19.4. The van der Waals surface area contributed by atoms with E-state index in [1.165, 1.54) is 24.3 Å². The lowest BCUT2D eigenvalue weighted by atomic mass is 10.1. The van der Waals surface area contributed by atoms with Gasteiger partial charge in [0.2, 0.25) is 5.78 Å². The molecule has 142 valence electrons. The Balaban J connectivity index is 1.63. The Morgan fingerprint density at radius 3 is 2.63 bits per heavy atom. The quantitative estimate of drug-likeness (QED) is 0.426. The lowest BCUT2D eigenvalue weighted by Gasteiger charge is -2.14. The molecule has 0 bridgehead atoms. The summed E-state index contributed by atoms with van der Waals surface area (Å²) in [6.45, 7) is 5.06. The van der Waals surface area contributed by atoms with Crippen LogP contribution in [0.1, 0.15) is 55.3 Å². The van der Waals surface area contributed by atoms with Crippen LogP contribution < -0.4 is 0 Å². The minimum absolute atomic E-state index is 0.185. The first-order valence-corrected chi connectivity index (χ1v) is 9.03. The summed E-state index contributed by atoms with van der Waals surface area (Å²) in [4.78, 5) is 35.3. The topological polar surface area (TPSA) is 74.6 Å². The van der Waals surface area contributed by atoms with Gasteiger partial charge in [0.15, 0.2) is 6.61 Å². The Bertz CT molecular complexity index is 844. The molecular weight excluding hydrogens is 346 g/mol. The first-order chi connectivity index (χ1) is 13.0. The SMILES string of the molecule is Cc1cc(C(=O)COC(=O)c2ccc(C=O)cc2)c(C)n1C[C@H]1CCCO1. The monoisotopic (exact) mass is 369 g/mol. The average molecular weight is 369 g/mol. The van der Waals surface area contributed by atoms with E-state index in [0.717, 1.165) is 37.4 Å². The van der Waals surface area contributed by atoms with Gasteiger partial charge in [-0.15, -0.1) is 0 Å². The highest BCUT2D eigenvalue weighted by Gasteiger charge is 2.21. The number of carbonyl (C=O) groups is 3. The number of esters is 1. The summed E-state index contributed by atoms with van der Waals surface area (Å²) in [6, 6.07) is 7.90. The second-order valence-corrected chi connectivity index (χ2v) is 6.77. The van der Waals surface area contributed by atoms with Crippen molar-refractivity contribution in [2.24, 2.45) is 0 Å². The van der Waals surface area contributed by atoms with E-state index in [2.05, 4.69) is 4.57 Å². The van der Waals surface area contributed by atoms with Crippen LogP contribution >= 0.6 is 0 Å². The molecule has 3 rings (SSSR count). The number of Topliss-reactive ketones (excluding diaryl/α,β-unsaturated/α-hetero) is 1. The van der Waals surface area contributed by atoms with Crippen molar-refractivity contribution in [2.45, 2.75) is 39.3 Å². The van der Waals surface area contributed by atoms with Crippen molar-refractivity contribution < 1.29 is 23.9 Å². The zero-order valence-corrected chi connectivity index (χ0v) is 15.6.